The molecule has 0 fully saturated rings. The van der Waals surface area contributed by atoms with Crippen LogP contribution in [0, 0.1) is 0 Å². The highest BCUT2D eigenvalue weighted by Crippen LogP contribution is 2.39. The van der Waals surface area contributed by atoms with Crippen molar-refractivity contribution in [3.05, 3.63) is 80.4 Å². The van der Waals surface area contributed by atoms with Gasteiger partial charge in [0.2, 0.25) is 0 Å². The molecule has 3 heterocycles. The van der Waals surface area contributed by atoms with Gasteiger partial charge in [-0.2, -0.15) is 0 Å². The van der Waals surface area contributed by atoms with Gasteiger partial charge >= 0.3 is 11.7 Å². The molecule has 1 N–H and O–H groups in total. The van der Waals surface area contributed by atoms with Gasteiger partial charge in [0.1, 0.15) is 12.4 Å². The average Bonchev–Trinajstić information content (AvgIpc) is 2.68. The third-order valence-electron chi connectivity index (χ3n) is 4.56. The minimum absolute atomic E-state index is 0.0491. The fraction of sp³-hybridized carbons (Fsp3) is 0.263. The van der Waals surface area contributed by atoms with E-state index in [4.69, 9.17) is 4.74 Å². The third-order valence-corrected chi connectivity index (χ3v) is 4.56. The Balaban J connectivity index is 2.33. The summed E-state index contributed by atoms with van der Waals surface area (Å²) < 4.78 is 7.62. The number of nitrogens with one attached hydrogen (secondary N) is 1. The van der Waals surface area contributed by atoms with Gasteiger partial charge in [0.05, 0.1) is 17.1 Å². The molecule has 2 aromatic heterocycles. The molecule has 0 unspecified atom stereocenters. The quantitative estimate of drug-likeness (QED) is 0.640. The summed E-state index contributed by atoms with van der Waals surface area (Å²) in [5, 5.41) is 3.03. The van der Waals surface area contributed by atoms with Crippen molar-refractivity contribution in [2.45, 2.75) is 12.8 Å². The number of aromatic nitrogens is 3. The fourth-order valence-corrected chi connectivity index (χ4v) is 3.25. The Labute approximate surface area is 155 Å². The molecule has 8 heteroatoms. The van der Waals surface area contributed by atoms with Crippen LogP contribution in [0.25, 0.3) is 0 Å². The maximum absolute atomic E-state index is 13.0. The number of hydrogen-bond donors (Lipinski definition) is 1. The smallest absolute Gasteiger partial charge is 0.337 e. The van der Waals surface area contributed by atoms with Gasteiger partial charge in [0.15, 0.2) is 0 Å². The van der Waals surface area contributed by atoms with E-state index >= 15 is 0 Å². The van der Waals surface area contributed by atoms with Crippen molar-refractivity contribution < 1.29 is 9.53 Å². The topological polar surface area (TPSA) is 95.2 Å². The molecule has 0 saturated carbocycles. The molecular weight excluding hydrogens is 348 g/mol. The number of carbonyl (C=O) groups is 1. The zero-order chi connectivity index (χ0) is 19.7. The molecule has 8 nitrogen and oxygen atoms in total. The minimum Gasteiger partial charge on any atom is -0.458 e. The maximum atomic E-state index is 13.0. The summed E-state index contributed by atoms with van der Waals surface area (Å²) in [7, 11) is 2.98. The van der Waals surface area contributed by atoms with Crippen LogP contribution in [-0.4, -0.2) is 26.7 Å². The molecular formula is C19H20N4O4. The van der Waals surface area contributed by atoms with E-state index in [1.807, 2.05) is 0 Å². The zero-order valence-corrected chi connectivity index (χ0v) is 15.4. The van der Waals surface area contributed by atoms with E-state index in [2.05, 4.69) is 16.9 Å². The van der Waals surface area contributed by atoms with Crippen molar-refractivity contribution in [2.24, 2.45) is 14.1 Å². The number of anilines is 1. The molecule has 140 valence electrons. The first-order valence-electron chi connectivity index (χ1n) is 8.34. The SMILES string of the molecule is C=CCOC(=O)C1=C(C)Nc2c(c(=O)n(C)c(=O)n2C)[C@@H]1c1cccnc1. The fourth-order valence-electron chi connectivity index (χ4n) is 3.25. The van der Waals surface area contributed by atoms with E-state index in [-0.39, 0.29) is 6.61 Å². The number of carbonyl (C=O) groups excluding carboxylic acids is 1. The molecule has 0 amide bonds. The summed E-state index contributed by atoms with van der Waals surface area (Å²) >= 11 is 0. The minimum atomic E-state index is -0.710. The predicted molar refractivity (Wildman–Crippen MR) is 100 cm³/mol. The van der Waals surface area contributed by atoms with E-state index < -0.39 is 23.1 Å². The number of esters is 1. The number of fused-ring (bicyclic) bond motifs is 1. The standard InChI is InChI=1S/C19H20N4O4/c1-5-9-27-18(25)13-11(2)21-16-15(14(13)12-7-6-8-20-10-12)17(24)23(4)19(26)22(16)3/h5-8,10,14,21H,1,9H2,2-4H3/t14-/m1/s1. The summed E-state index contributed by atoms with van der Waals surface area (Å²) in [6.45, 7) is 5.30. The van der Waals surface area contributed by atoms with Crippen LogP contribution in [0.3, 0.4) is 0 Å². The number of pyridine rings is 1. The van der Waals surface area contributed by atoms with E-state index in [0.29, 0.717) is 28.2 Å². The number of ether oxygens (including phenoxy) is 1. The Hall–Kier alpha value is -3.42. The monoisotopic (exact) mass is 368 g/mol. The summed E-state index contributed by atoms with van der Waals surface area (Å²) in [6.07, 6.45) is 4.68. The van der Waals surface area contributed by atoms with E-state index in [9.17, 15) is 14.4 Å². The van der Waals surface area contributed by atoms with Crippen LogP contribution in [0.1, 0.15) is 24.0 Å². The zero-order valence-electron chi connectivity index (χ0n) is 15.4. The lowest BCUT2D eigenvalue weighted by Gasteiger charge is -2.30. The van der Waals surface area contributed by atoms with Crippen LogP contribution in [-0.2, 0) is 23.6 Å². The molecule has 0 spiro atoms. The molecule has 0 aliphatic carbocycles. The molecule has 0 saturated heterocycles. The van der Waals surface area contributed by atoms with Crippen molar-refractivity contribution in [3.8, 4) is 0 Å². The van der Waals surface area contributed by atoms with E-state index in [0.717, 1.165) is 4.57 Å². The van der Waals surface area contributed by atoms with E-state index in [1.54, 1.807) is 38.5 Å². The first-order chi connectivity index (χ1) is 12.9. The second-order valence-electron chi connectivity index (χ2n) is 6.24. The van der Waals surface area contributed by atoms with Crippen LogP contribution in [0.4, 0.5) is 5.82 Å². The molecule has 1 atom stereocenters. The Kier molecular flexibility index (Phi) is 4.81. The van der Waals surface area contributed by atoms with Gasteiger partial charge in [-0.25, -0.2) is 9.59 Å². The summed E-state index contributed by atoms with van der Waals surface area (Å²) in [5.41, 5.74) is 0.823. The van der Waals surface area contributed by atoms with Gasteiger partial charge in [0, 0.05) is 32.2 Å². The molecule has 0 radical (unpaired) electrons. The van der Waals surface area contributed by atoms with Crippen LogP contribution in [0.5, 0.6) is 0 Å². The number of nitrogens with zero attached hydrogens (tertiary/aromatic N) is 3. The molecule has 1 aliphatic rings. The van der Waals surface area contributed by atoms with Crippen molar-refractivity contribution in [1.82, 2.24) is 14.1 Å². The number of rotatable bonds is 4. The van der Waals surface area contributed by atoms with Crippen LogP contribution in [0.15, 0.2) is 58.0 Å². The van der Waals surface area contributed by atoms with Gasteiger partial charge in [-0.15, -0.1) is 0 Å². The first kappa shape index (κ1) is 18.4. The highest BCUT2D eigenvalue weighted by molar-refractivity contribution is 5.94. The Bertz CT molecular complexity index is 1060. The average molecular weight is 368 g/mol. The van der Waals surface area contributed by atoms with Crippen molar-refractivity contribution in [1.29, 1.82) is 0 Å². The summed E-state index contributed by atoms with van der Waals surface area (Å²) in [4.78, 5) is 42.1. The molecule has 1 aliphatic heterocycles. The second-order valence-corrected chi connectivity index (χ2v) is 6.24. The normalized spacial score (nSPS) is 15.7. The number of allylic oxidation sites excluding steroid dienone is 1. The highest BCUT2D eigenvalue weighted by Gasteiger charge is 2.37. The second kappa shape index (κ2) is 7.06. The lowest BCUT2D eigenvalue weighted by Crippen LogP contribution is -2.43. The third kappa shape index (κ3) is 2.99. The van der Waals surface area contributed by atoms with Gasteiger partial charge in [-0.1, -0.05) is 18.7 Å². The lowest BCUT2D eigenvalue weighted by molar-refractivity contribution is -0.138. The molecule has 0 bridgehead atoms. The summed E-state index contributed by atoms with van der Waals surface area (Å²) in [5.74, 6) is -0.914. The molecule has 0 aromatic carbocycles. The van der Waals surface area contributed by atoms with Crippen LogP contribution in [0.2, 0.25) is 0 Å². The van der Waals surface area contributed by atoms with Gasteiger partial charge in [-0.3, -0.25) is 18.9 Å². The van der Waals surface area contributed by atoms with Crippen molar-refractivity contribution >= 4 is 11.8 Å². The molecule has 27 heavy (non-hydrogen) atoms. The predicted octanol–water partition coefficient (Wildman–Crippen LogP) is 1.04. The first-order valence-corrected chi connectivity index (χ1v) is 8.34. The van der Waals surface area contributed by atoms with Gasteiger partial charge < -0.3 is 10.1 Å². The van der Waals surface area contributed by atoms with E-state index in [1.165, 1.54) is 17.7 Å². The number of hydrogen-bond acceptors (Lipinski definition) is 6. The Morgan fingerprint density at radius 1 is 1.37 bits per heavy atom. The van der Waals surface area contributed by atoms with Gasteiger partial charge in [-0.05, 0) is 18.6 Å². The van der Waals surface area contributed by atoms with Crippen LogP contribution < -0.4 is 16.6 Å². The Morgan fingerprint density at radius 3 is 2.74 bits per heavy atom. The van der Waals surface area contributed by atoms with Crippen molar-refractivity contribution in [2.75, 3.05) is 11.9 Å². The summed E-state index contributed by atoms with van der Waals surface area (Å²) in [6, 6.07) is 3.51. The van der Waals surface area contributed by atoms with Crippen LogP contribution >= 0.6 is 0 Å². The molecule has 2 aromatic rings. The molecule has 3 rings (SSSR count). The lowest BCUT2D eigenvalue weighted by atomic mass is 9.83. The van der Waals surface area contributed by atoms with Gasteiger partial charge in [0.25, 0.3) is 5.56 Å². The highest BCUT2D eigenvalue weighted by atomic mass is 16.5. The van der Waals surface area contributed by atoms with Crippen molar-refractivity contribution in [3.63, 3.8) is 0 Å². The Morgan fingerprint density at radius 2 is 2.11 bits per heavy atom. The largest absolute Gasteiger partial charge is 0.458 e. The maximum Gasteiger partial charge on any atom is 0.337 e.